The minimum absolute atomic E-state index is 0.00682. The van der Waals surface area contributed by atoms with E-state index in [-0.39, 0.29) is 91.8 Å². The first-order chi connectivity index (χ1) is 30.6. The molecule has 0 N–H and O–H groups in total. The average molecular weight is 708 g/mol. The van der Waals surface area contributed by atoms with Crippen LogP contribution >= 0.6 is 0 Å². The fourth-order valence-corrected chi connectivity index (χ4v) is 8.81. The van der Waals surface area contributed by atoms with Gasteiger partial charge in [0.25, 0.3) is 0 Å². The summed E-state index contributed by atoms with van der Waals surface area (Å²) in [5.74, 6) is 0. The Morgan fingerprint density at radius 2 is 0.945 bits per heavy atom. The Bertz CT molecular complexity index is 4180. The van der Waals surface area contributed by atoms with Gasteiger partial charge in [0.15, 0.2) is 0 Å². The maximum Gasteiger partial charge on any atom is 0.137 e. The van der Waals surface area contributed by atoms with Gasteiger partial charge in [-0.25, -0.2) is 0 Å². The number of rotatable bonds is 3. The van der Waals surface area contributed by atoms with E-state index >= 15 is 0 Å². The Morgan fingerprint density at radius 3 is 1.71 bits per heavy atom. The smallest absolute Gasteiger partial charge is 0.137 e. The Morgan fingerprint density at radius 1 is 0.382 bits per heavy atom. The van der Waals surface area contributed by atoms with Gasteiger partial charge in [0, 0.05) is 32.6 Å². The van der Waals surface area contributed by atoms with Crippen LogP contribution < -0.4 is 0 Å². The molecule has 0 atom stereocenters. The fraction of sp³-hybridized carbons (Fsp3) is 0. The van der Waals surface area contributed by atoms with E-state index in [9.17, 15) is 11.0 Å². The Balaban J connectivity index is 1.09. The van der Waals surface area contributed by atoms with E-state index in [2.05, 4.69) is 28.8 Å². The lowest BCUT2D eigenvalue weighted by molar-refractivity contribution is 0.668. The molecule has 0 saturated carbocycles. The molecule has 0 aliphatic heterocycles. The average Bonchev–Trinajstić information content (AvgIpc) is 3.98. The van der Waals surface area contributed by atoms with E-state index in [1.807, 2.05) is 91.0 Å². The second kappa shape index (κ2) is 10.6. The molecule has 0 bridgehead atoms. The highest BCUT2D eigenvalue weighted by atomic mass is 16.3. The van der Waals surface area contributed by atoms with Crippen LogP contribution in [0, 0.1) is 0 Å². The monoisotopic (exact) mass is 707 g/mol. The molecule has 0 aliphatic rings. The van der Waals surface area contributed by atoms with E-state index < -0.39 is 0 Å². The molecule has 0 saturated heterocycles. The molecule has 0 aliphatic carbocycles. The summed E-state index contributed by atoms with van der Waals surface area (Å²) in [5.41, 5.74) is 7.27. The molecule has 3 heteroatoms. The van der Waals surface area contributed by atoms with Crippen molar-refractivity contribution < 1.29 is 19.8 Å². The van der Waals surface area contributed by atoms with E-state index in [4.69, 9.17) is 8.83 Å². The lowest BCUT2D eigenvalue weighted by Gasteiger charge is -2.17. The van der Waals surface area contributed by atoms with Gasteiger partial charge in [-0.05, 0) is 109 Å². The van der Waals surface area contributed by atoms with Crippen molar-refractivity contribution in [3.8, 4) is 27.9 Å². The predicted octanol–water partition coefficient (Wildman–Crippen LogP) is 14.8. The molecule has 0 radical (unpaired) electrons. The first-order valence-electron chi connectivity index (χ1n) is 22.2. The Hall–Kier alpha value is -7.36. The van der Waals surface area contributed by atoms with Gasteiger partial charge in [0.1, 0.15) is 22.3 Å². The third kappa shape index (κ3) is 3.94. The molecule has 254 valence electrons. The topological polar surface area (TPSA) is 31.2 Å². The normalized spacial score (nSPS) is 14.4. The van der Waals surface area contributed by atoms with Crippen LogP contribution in [0.1, 0.15) is 11.0 Å². The number of hydrogen-bond acceptors (Lipinski definition) is 2. The number of para-hydroxylation sites is 3. The number of furan rings is 2. The van der Waals surface area contributed by atoms with Gasteiger partial charge in [-0.2, -0.15) is 0 Å². The Labute approximate surface area is 325 Å². The van der Waals surface area contributed by atoms with Crippen molar-refractivity contribution in [3.05, 3.63) is 176 Å². The van der Waals surface area contributed by atoms with E-state index in [0.29, 0.717) is 22.3 Å². The highest BCUT2D eigenvalue weighted by molar-refractivity contribution is 6.28. The zero-order valence-electron chi connectivity index (χ0n) is 36.9. The summed E-state index contributed by atoms with van der Waals surface area (Å²) >= 11 is 0. The molecule has 0 spiro atoms. The van der Waals surface area contributed by atoms with E-state index in [0.717, 1.165) is 60.2 Å². The van der Waals surface area contributed by atoms with Crippen molar-refractivity contribution in [1.82, 2.24) is 4.57 Å². The summed E-state index contributed by atoms with van der Waals surface area (Å²) < 4.78 is 89.9. The number of nitrogens with zero attached hydrogens (tertiary/aromatic N) is 1. The number of aromatic nitrogens is 1. The molecular weight excluding hydrogens is 671 g/mol. The summed E-state index contributed by atoms with van der Waals surface area (Å²) in [6.45, 7) is 0. The van der Waals surface area contributed by atoms with Crippen molar-refractivity contribution >= 4 is 98.0 Å². The second-order valence-corrected chi connectivity index (χ2v) is 14.1. The van der Waals surface area contributed by atoms with Gasteiger partial charge in [0.2, 0.25) is 0 Å². The third-order valence-electron chi connectivity index (χ3n) is 11.3. The van der Waals surface area contributed by atoms with Crippen molar-refractivity contribution in [1.29, 1.82) is 0 Å². The fourth-order valence-electron chi connectivity index (χ4n) is 8.81. The van der Waals surface area contributed by atoms with Gasteiger partial charge in [-0.1, -0.05) is 121 Å². The van der Waals surface area contributed by atoms with Crippen LogP contribution in [0.2, 0.25) is 0 Å². The third-order valence-corrected chi connectivity index (χ3v) is 11.3. The molecule has 3 heterocycles. The molecule has 0 fully saturated rings. The molecule has 55 heavy (non-hydrogen) atoms. The quantitative estimate of drug-likeness (QED) is 0.171. The van der Waals surface area contributed by atoms with Crippen LogP contribution in [0.5, 0.6) is 0 Å². The molecule has 13 aromatic rings. The zero-order chi connectivity index (χ0) is 42.7. The van der Waals surface area contributed by atoms with Gasteiger partial charge < -0.3 is 13.4 Å². The van der Waals surface area contributed by atoms with Crippen LogP contribution in [0.15, 0.2) is 185 Å². The predicted molar refractivity (Wildman–Crippen MR) is 230 cm³/mol. The molecule has 0 unspecified atom stereocenters. The zero-order valence-corrected chi connectivity index (χ0v) is 28.9. The minimum atomic E-state index is -0.316. The summed E-state index contributed by atoms with van der Waals surface area (Å²) in [6, 6.07) is 38.8. The maximum atomic E-state index is 9.51. The van der Waals surface area contributed by atoms with Crippen LogP contribution in [0.25, 0.3) is 126 Å². The summed E-state index contributed by atoms with van der Waals surface area (Å²) in [4.78, 5) is 0. The van der Waals surface area contributed by atoms with Crippen molar-refractivity contribution in [3.63, 3.8) is 0 Å². The lowest BCUT2D eigenvalue weighted by atomic mass is 9.87. The van der Waals surface area contributed by atoms with Crippen molar-refractivity contribution in [2.75, 3.05) is 0 Å². The lowest BCUT2D eigenvalue weighted by Crippen LogP contribution is -1.94. The summed E-state index contributed by atoms with van der Waals surface area (Å²) in [6.07, 6.45) is 0. The second-order valence-electron chi connectivity index (χ2n) is 14.1. The maximum absolute atomic E-state index is 9.51. The number of hydrogen-bond donors (Lipinski definition) is 0. The Kier molecular flexibility index (Phi) is 4.37. The molecule has 13 rings (SSSR count). The van der Waals surface area contributed by atoms with Gasteiger partial charge in [-0.3, -0.25) is 0 Å². The number of fused-ring (bicyclic) bond motifs is 10. The number of benzene rings is 10. The molecule has 0 amide bonds. The van der Waals surface area contributed by atoms with Gasteiger partial charge in [0.05, 0.1) is 27.4 Å². The van der Waals surface area contributed by atoms with Crippen LogP contribution in [-0.4, -0.2) is 4.57 Å². The highest BCUT2D eigenvalue weighted by Gasteiger charge is 2.20. The minimum Gasteiger partial charge on any atom is -0.456 e. The molecule has 3 aromatic heterocycles. The molecule has 10 aromatic carbocycles. The first kappa shape index (κ1) is 22.7. The summed E-state index contributed by atoms with van der Waals surface area (Å²) in [7, 11) is 0. The standard InChI is InChI=1S/C52H29NO2/c1-4-10-44-37(7-1)41-26-28-48-51(42-9-3-6-12-46(42)55-48)52(41)53(44)34-20-13-30(14-21-34)35-22-15-31-18-25-40-36(23-16-32-17-24-39(35)49(31)50(32)40)33-19-27-47-43(29-33)38-8-2-5-11-45(38)54-47/h1-29H/i15D,16D,17D,18D,22D,23D,24D,25D. The highest BCUT2D eigenvalue weighted by Crippen LogP contribution is 2.45. The first-order valence-corrected chi connectivity index (χ1v) is 18.2. The SMILES string of the molecule is [2H]c1c([2H])c2c([2H])c([2H])c3c(-c4ccc5oc6ccccc6c5c4)c([2H])c([2H])c4c([2H])c([2H])c(c1-c1ccc(-n5c6ccccc6c6ccc7oc8ccccc8c7c65)cc1)c2c43. The van der Waals surface area contributed by atoms with Crippen molar-refractivity contribution in [2.24, 2.45) is 0 Å². The van der Waals surface area contributed by atoms with Crippen LogP contribution in [0.4, 0.5) is 0 Å². The van der Waals surface area contributed by atoms with Crippen LogP contribution in [0.3, 0.4) is 0 Å². The molecule has 3 nitrogen and oxygen atoms in total. The van der Waals surface area contributed by atoms with E-state index in [1.54, 1.807) is 12.1 Å². The largest absolute Gasteiger partial charge is 0.456 e. The molecular formula is C52H29NO2. The summed E-state index contributed by atoms with van der Waals surface area (Å²) in [5, 5.41) is 6.71. The van der Waals surface area contributed by atoms with Crippen LogP contribution in [-0.2, 0) is 0 Å². The van der Waals surface area contributed by atoms with Crippen molar-refractivity contribution in [2.45, 2.75) is 0 Å². The van der Waals surface area contributed by atoms with E-state index in [1.165, 1.54) is 0 Å². The van der Waals surface area contributed by atoms with Gasteiger partial charge >= 0.3 is 0 Å². The van der Waals surface area contributed by atoms with Gasteiger partial charge in [-0.15, -0.1) is 0 Å².